The maximum absolute atomic E-state index is 6.02. The molecule has 0 bridgehead atoms. The zero-order valence-electron chi connectivity index (χ0n) is 14.7. The summed E-state index contributed by atoms with van der Waals surface area (Å²) in [7, 11) is 0. The van der Waals surface area contributed by atoms with Crippen LogP contribution in [0, 0.1) is 6.92 Å². The molecule has 134 valence electrons. The first kappa shape index (κ1) is 18.2. The summed E-state index contributed by atoms with van der Waals surface area (Å²) in [5, 5.41) is 9.18. The van der Waals surface area contributed by atoms with E-state index in [4.69, 9.17) is 23.8 Å². The summed E-state index contributed by atoms with van der Waals surface area (Å²) in [5.74, 6) is 0. The van der Waals surface area contributed by atoms with E-state index < -0.39 is 0 Å². The Morgan fingerprint density at radius 2 is 2.04 bits per heavy atom. The van der Waals surface area contributed by atoms with Crippen LogP contribution in [0.1, 0.15) is 18.2 Å². The van der Waals surface area contributed by atoms with E-state index in [0.29, 0.717) is 5.02 Å². The zero-order chi connectivity index (χ0) is 17.8. The first-order valence-corrected chi connectivity index (χ1v) is 9.40. The number of benzene rings is 1. The van der Waals surface area contributed by atoms with E-state index in [1.54, 1.807) is 0 Å². The molecule has 1 aromatic heterocycles. The summed E-state index contributed by atoms with van der Waals surface area (Å²) < 4.78 is 2.05. The highest BCUT2D eigenvalue weighted by Gasteiger charge is 2.20. The Balaban J connectivity index is 1.51. The van der Waals surface area contributed by atoms with E-state index in [0.717, 1.165) is 50.1 Å². The van der Waals surface area contributed by atoms with E-state index in [-0.39, 0.29) is 0 Å². The summed E-state index contributed by atoms with van der Waals surface area (Å²) in [5.41, 5.74) is 3.51. The predicted octanol–water partition coefficient (Wildman–Crippen LogP) is 3.38. The van der Waals surface area contributed by atoms with Crippen molar-refractivity contribution in [3.05, 3.63) is 46.7 Å². The van der Waals surface area contributed by atoms with Gasteiger partial charge in [0.1, 0.15) is 0 Å². The van der Waals surface area contributed by atoms with Crippen LogP contribution in [0.15, 0.2) is 30.5 Å². The van der Waals surface area contributed by atoms with E-state index in [9.17, 15) is 0 Å². The summed E-state index contributed by atoms with van der Waals surface area (Å²) in [6.07, 6.45) is 2.00. The van der Waals surface area contributed by atoms with Gasteiger partial charge in [0.15, 0.2) is 5.11 Å². The van der Waals surface area contributed by atoms with Crippen LogP contribution in [0.4, 0.5) is 5.69 Å². The number of hydrogen-bond donors (Lipinski definition) is 1. The Labute approximate surface area is 159 Å². The van der Waals surface area contributed by atoms with Gasteiger partial charge in [-0.25, -0.2) is 0 Å². The van der Waals surface area contributed by atoms with Crippen molar-refractivity contribution in [1.29, 1.82) is 0 Å². The lowest BCUT2D eigenvalue weighted by Crippen LogP contribution is -2.49. The van der Waals surface area contributed by atoms with E-state index in [1.165, 1.54) is 11.3 Å². The monoisotopic (exact) mass is 377 g/mol. The fourth-order valence-corrected chi connectivity index (χ4v) is 3.57. The summed E-state index contributed by atoms with van der Waals surface area (Å²) in [6, 6.07) is 7.64. The minimum atomic E-state index is 0.709. The van der Waals surface area contributed by atoms with Crippen molar-refractivity contribution in [1.82, 2.24) is 19.6 Å². The Morgan fingerprint density at radius 1 is 1.28 bits per heavy atom. The Kier molecular flexibility index (Phi) is 5.93. The average Bonchev–Trinajstić information content (AvgIpc) is 2.95. The lowest BCUT2D eigenvalue weighted by Gasteiger charge is -2.36. The molecule has 2 heterocycles. The quantitative estimate of drug-likeness (QED) is 0.826. The van der Waals surface area contributed by atoms with Crippen molar-refractivity contribution in [3.8, 4) is 0 Å². The first-order chi connectivity index (χ1) is 12.1. The molecule has 1 aliphatic rings. The second kappa shape index (κ2) is 8.17. The van der Waals surface area contributed by atoms with Crippen molar-refractivity contribution in [3.63, 3.8) is 0 Å². The van der Waals surface area contributed by atoms with Gasteiger partial charge in [0.05, 0.1) is 6.20 Å². The molecule has 7 heteroatoms. The van der Waals surface area contributed by atoms with Crippen LogP contribution in [0.5, 0.6) is 0 Å². The number of thiocarbonyl (C=S) groups is 1. The van der Waals surface area contributed by atoms with Gasteiger partial charge in [-0.05, 0) is 44.3 Å². The number of halogens is 1. The van der Waals surface area contributed by atoms with Crippen molar-refractivity contribution in [2.75, 3.05) is 31.5 Å². The third-order valence-electron chi connectivity index (χ3n) is 4.63. The molecule has 0 aliphatic carbocycles. The van der Waals surface area contributed by atoms with Crippen molar-refractivity contribution < 1.29 is 0 Å². The number of nitrogens with zero attached hydrogens (tertiary/aromatic N) is 4. The molecule has 2 aromatic rings. The number of aryl methyl sites for hydroxylation is 1. The molecule has 5 nitrogen and oxygen atoms in total. The zero-order valence-corrected chi connectivity index (χ0v) is 16.3. The van der Waals surface area contributed by atoms with Crippen LogP contribution < -0.4 is 5.32 Å². The van der Waals surface area contributed by atoms with Crippen molar-refractivity contribution in [2.24, 2.45) is 0 Å². The van der Waals surface area contributed by atoms with E-state index in [2.05, 4.69) is 38.7 Å². The van der Waals surface area contributed by atoms with Gasteiger partial charge in [0.25, 0.3) is 0 Å². The number of aromatic nitrogens is 2. The highest BCUT2D eigenvalue weighted by atomic mass is 35.5. The number of rotatable bonds is 4. The maximum atomic E-state index is 6.02. The number of hydrogen-bond acceptors (Lipinski definition) is 3. The molecule has 1 N–H and O–H groups in total. The van der Waals surface area contributed by atoms with Crippen LogP contribution in [-0.2, 0) is 13.1 Å². The van der Waals surface area contributed by atoms with Crippen molar-refractivity contribution >= 4 is 34.6 Å². The predicted molar refractivity (Wildman–Crippen MR) is 107 cm³/mol. The number of anilines is 1. The highest BCUT2D eigenvalue weighted by Crippen LogP contribution is 2.17. The molecule has 25 heavy (non-hydrogen) atoms. The van der Waals surface area contributed by atoms with Gasteiger partial charge in [0, 0.05) is 61.2 Å². The molecule has 0 saturated carbocycles. The molecule has 1 saturated heterocycles. The lowest BCUT2D eigenvalue weighted by atomic mass is 10.2. The maximum Gasteiger partial charge on any atom is 0.173 e. The number of piperazine rings is 1. The van der Waals surface area contributed by atoms with E-state index in [1.807, 2.05) is 30.5 Å². The highest BCUT2D eigenvalue weighted by molar-refractivity contribution is 7.80. The topological polar surface area (TPSA) is 36.3 Å². The van der Waals surface area contributed by atoms with Gasteiger partial charge >= 0.3 is 0 Å². The van der Waals surface area contributed by atoms with Crippen LogP contribution in [0.25, 0.3) is 0 Å². The normalized spacial score (nSPS) is 15.4. The third kappa shape index (κ3) is 4.51. The van der Waals surface area contributed by atoms with Crippen LogP contribution in [0.3, 0.4) is 0 Å². The number of nitrogens with one attached hydrogen (secondary N) is 1. The molecule has 3 rings (SSSR count). The smallest absolute Gasteiger partial charge is 0.173 e. The van der Waals surface area contributed by atoms with Crippen LogP contribution in [0.2, 0.25) is 5.02 Å². The van der Waals surface area contributed by atoms with Crippen molar-refractivity contribution in [2.45, 2.75) is 26.9 Å². The van der Waals surface area contributed by atoms with Gasteiger partial charge in [-0.15, -0.1) is 0 Å². The SMILES string of the molecule is CCn1ncc(CN2CCN(C(=S)Nc3cccc(Cl)c3)CC2)c1C. The van der Waals surface area contributed by atoms with E-state index >= 15 is 0 Å². The van der Waals surface area contributed by atoms with Gasteiger partial charge in [0.2, 0.25) is 0 Å². The average molecular weight is 378 g/mol. The summed E-state index contributed by atoms with van der Waals surface area (Å²) >= 11 is 11.6. The molecule has 1 aliphatic heterocycles. The third-order valence-corrected chi connectivity index (χ3v) is 5.23. The minimum absolute atomic E-state index is 0.709. The largest absolute Gasteiger partial charge is 0.346 e. The molecule has 0 unspecified atom stereocenters. The molecule has 0 radical (unpaired) electrons. The molecule has 1 aromatic carbocycles. The van der Waals surface area contributed by atoms with Gasteiger partial charge in [-0.3, -0.25) is 9.58 Å². The Morgan fingerprint density at radius 3 is 2.68 bits per heavy atom. The summed E-state index contributed by atoms with van der Waals surface area (Å²) in [4.78, 5) is 4.68. The van der Waals surface area contributed by atoms with Gasteiger partial charge in [-0.2, -0.15) is 5.10 Å². The first-order valence-electron chi connectivity index (χ1n) is 8.62. The lowest BCUT2D eigenvalue weighted by molar-refractivity contribution is 0.176. The van der Waals surface area contributed by atoms with Crippen LogP contribution >= 0.6 is 23.8 Å². The Bertz CT molecular complexity index is 737. The molecule has 1 fully saturated rings. The standard InChI is InChI=1S/C18H24ClN5S/c1-3-24-14(2)15(12-20-24)13-22-7-9-23(10-8-22)18(25)21-17-6-4-5-16(19)11-17/h4-6,11-12H,3,7-10,13H2,1-2H3,(H,21,25). The van der Waals surface area contributed by atoms with Crippen LogP contribution in [-0.4, -0.2) is 50.9 Å². The molecule has 0 amide bonds. The fraction of sp³-hybridized carbons (Fsp3) is 0.444. The fourth-order valence-electron chi connectivity index (χ4n) is 3.08. The molecule has 0 atom stereocenters. The van der Waals surface area contributed by atoms with Gasteiger partial charge in [-0.1, -0.05) is 17.7 Å². The molecular weight excluding hydrogens is 354 g/mol. The molecular formula is C18H24ClN5S. The van der Waals surface area contributed by atoms with Gasteiger partial charge < -0.3 is 10.2 Å². The summed E-state index contributed by atoms with van der Waals surface area (Å²) in [6.45, 7) is 9.97. The second-order valence-corrected chi connectivity index (χ2v) is 7.10. The minimum Gasteiger partial charge on any atom is -0.346 e. The molecule has 0 spiro atoms. The second-order valence-electron chi connectivity index (χ2n) is 6.27. The Hall–Kier alpha value is -1.63.